The van der Waals surface area contributed by atoms with E-state index in [1.165, 1.54) is 18.2 Å². The maximum Gasteiger partial charge on any atom is 0.123 e. The highest BCUT2D eigenvalue weighted by molar-refractivity contribution is 5.34. The van der Waals surface area contributed by atoms with Gasteiger partial charge in [0.2, 0.25) is 0 Å². The first-order chi connectivity index (χ1) is 8.95. The molecule has 19 heavy (non-hydrogen) atoms. The summed E-state index contributed by atoms with van der Waals surface area (Å²) in [5.41, 5.74) is 0.603. The summed E-state index contributed by atoms with van der Waals surface area (Å²) < 4.78 is 13.2. The van der Waals surface area contributed by atoms with Crippen LogP contribution in [-0.4, -0.2) is 36.2 Å². The van der Waals surface area contributed by atoms with E-state index in [0.717, 1.165) is 19.5 Å². The minimum absolute atomic E-state index is 0.0685. The normalized spacial score (nSPS) is 14.6. The van der Waals surface area contributed by atoms with E-state index in [1.807, 2.05) is 6.92 Å². The minimum Gasteiger partial charge on any atom is -0.508 e. The number of aromatic hydroxyl groups is 1. The van der Waals surface area contributed by atoms with Crippen molar-refractivity contribution in [2.75, 3.05) is 20.1 Å². The van der Waals surface area contributed by atoms with Crippen LogP contribution in [0.1, 0.15) is 38.8 Å². The van der Waals surface area contributed by atoms with Gasteiger partial charge in [0.05, 0.1) is 0 Å². The van der Waals surface area contributed by atoms with Gasteiger partial charge in [-0.15, -0.1) is 0 Å². The third kappa shape index (κ3) is 4.80. The zero-order valence-electron chi connectivity index (χ0n) is 12.3. The van der Waals surface area contributed by atoms with Crippen molar-refractivity contribution in [3.05, 3.63) is 29.6 Å². The lowest BCUT2D eigenvalue weighted by Crippen LogP contribution is -2.35. The number of phenols is 1. The molecule has 0 radical (unpaired) electrons. The summed E-state index contributed by atoms with van der Waals surface area (Å²) in [5, 5.41) is 13.0. The van der Waals surface area contributed by atoms with E-state index in [4.69, 9.17) is 0 Å². The van der Waals surface area contributed by atoms with Crippen LogP contribution in [0.4, 0.5) is 4.39 Å². The molecule has 1 aromatic carbocycles. The van der Waals surface area contributed by atoms with Gasteiger partial charge in [0.25, 0.3) is 0 Å². The van der Waals surface area contributed by atoms with E-state index in [9.17, 15) is 9.50 Å². The van der Waals surface area contributed by atoms with Crippen molar-refractivity contribution in [3.8, 4) is 5.75 Å². The number of hydrogen-bond donors (Lipinski definition) is 2. The molecule has 0 aliphatic carbocycles. The zero-order valence-corrected chi connectivity index (χ0v) is 12.3. The summed E-state index contributed by atoms with van der Waals surface area (Å²) in [6.45, 7) is 8.02. The van der Waals surface area contributed by atoms with Crippen LogP contribution in [0.15, 0.2) is 18.2 Å². The molecule has 0 aliphatic rings. The fourth-order valence-electron chi connectivity index (χ4n) is 1.97. The van der Waals surface area contributed by atoms with Gasteiger partial charge >= 0.3 is 0 Å². The molecule has 0 saturated carbocycles. The minimum atomic E-state index is -0.321. The number of phenolic OH excluding ortho intramolecular Hbond substituents is 1. The summed E-state index contributed by atoms with van der Waals surface area (Å²) in [6.07, 6.45) is 1.12. The molecule has 4 heteroatoms. The Bertz CT molecular complexity index is 398. The first-order valence-corrected chi connectivity index (χ1v) is 6.87. The van der Waals surface area contributed by atoms with Gasteiger partial charge in [0, 0.05) is 30.7 Å². The fourth-order valence-corrected chi connectivity index (χ4v) is 1.97. The van der Waals surface area contributed by atoms with Crippen molar-refractivity contribution in [1.82, 2.24) is 10.2 Å². The lowest BCUT2D eigenvalue weighted by Gasteiger charge is -2.24. The second-order valence-corrected chi connectivity index (χ2v) is 5.12. The van der Waals surface area contributed by atoms with Gasteiger partial charge in [-0.05, 0) is 45.5 Å². The predicted molar refractivity (Wildman–Crippen MR) is 76.9 cm³/mol. The van der Waals surface area contributed by atoms with Gasteiger partial charge in [-0.1, -0.05) is 6.92 Å². The molecule has 0 saturated heterocycles. The highest BCUT2D eigenvalue weighted by atomic mass is 19.1. The first kappa shape index (κ1) is 15.9. The molecule has 0 bridgehead atoms. The number of benzene rings is 1. The molecule has 0 fully saturated rings. The highest BCUT2D eigenvalue weighted by Crippen LogP contribution is 2.24. The predicted octanol–water partition coefficient (Wildman–Crippen LogP) is 2.91. The van der Waals surface area contributed by atoms with Crippen LogP contribution in [0.2, 0.25) is 0 Å². The Hall–Kier alpha value is -1.13. The summed E-state index contributed by atoms with van der Waals surface area (Å²) in [7, 11) is 2.10. The molecule has 0 amide bonds. The summed E-state index contributed by atoms with van der Waals surface area (Å²) in [4.78, 5) is 2.28. The van der Waals surface area contributed by atoms with Crippen LogP contribution in [-0.2, 0) is 0 Å². The Balaban J connectivity index is 2.47. The number of rotatable bonds is 7. The third-order valence-electron chi connectivity index (χ3n) is 3.71. The monoisotopic (exact) mass is 268 g/mol. The standard InChI is InChI=1S/C15H25FN2O/c1-5-11(2)18(4)9-8-17-12(3)14-10-13(16)6-7-15(14)19/h6-7,10-12,17,19H,5,8-9H2,1-4H3. The molecule has 0 spiro atoms. The molecule has 1 aromatic rings. The van der Waals surface area contributed by atoms with Crippen LogP contribution in [0.5, 0.6) is 5.75 Å². The van der Waals surface area contributed by atoms with E-state index in [2.05, 4.69) is 31.1 Å². The van der Waals surface area contributed by atoms with Gasteiger partial charge in [-0.2, -0.15) is 0 Å². The molecule has 0 aliphatic heterocycles. The molecule has 2 atom stereocenters. The molecule has 1 rings (SSSR count). The van der Waals surface area contributed by atoms with Gasteiger partial charge in [0.15, 0.2) is 0 Å². The Morgan fingerprint density at radius 3 is 2.68 bits per heavy atom. The number of hydrogen-bond acceptors (Lipinski definition) is 3. The van der Waals surface area contributed by atoms with Gasteiger partial charge in [0.1, 0.15) is 11.6 Å². The van der Waals surface area contributed by atoms with Gasteiger partial charge in [-0.25, -0.2) is 4.39 Å². The lowest BCUT2D eigenvalue weighted by molar-refractivity contribution is 0.249. The molecule has 0 aromatic heterocycles. The SMILES string of the molecule is CCC(C)N(C)CCNC(C)c1cc(F)ccc1O. The van der Waals surface area contributed by atoms with E-state index >= 15 is 0 Å². The Morgan fingerprint density at radius 2 is 2.05 bits per heavy atom. The summed E-state index contributed by atoms with van der Waals surface area (Å²) >= 11 is 0. The number of likely N-dealkylation sites (N-methyl/N-ethyl adjacent to an activating group) is 1. The second-order valence-electron chi connectivity index (χ2n) is 5.12. The quantitative estimate of drug-likeness (QED) is 0.798. The average Bonchev–Trinajstić information content (AvgIpc) is 2.40. The number of nitrogens with one attached hydrogen (secondary N) is 1. The van der Waals surface area contributed by atoms with E-state index in [1.54, 1.807) is 0 Å². The van der Waals surface area contributed by atoms with Crippen LogP contribution >= 0.6 is 0 Å². The van der Waals surface area contributed by atoms with Gasteiger partial charge in [-0.3, -0.25) is 0 Å². The van der Waals surface area contributed by atoms with Crippen molar-refractivity contribution >= 4 is 0 Å². The maximum atomic E-state index is 13.2. The van der Waals surface area contributed by atoms with Crippen LogP contribution in [0.25, 0.3) is 0 Å². The van der Waals surface area contributed by atoms with Crippen molar-refractivity contribution in [3.63, 3.8) is 0 Å². The Kier molecular flexibility index (Phi) is 6.25. The molecule has 2 unspecified atom stereocenters. The fraction of sp³-hybridized carbons (Fsp3) is 0.600. The van der Waals surface area contributed by atoms with Crippen molar-refractivity contribution in [1.29, 1.82) is 0 Å². The van der Waals surface area contributed by atoms with Crippen molar-refractivity contribution in [2.45, 2.75) is 39.3 Å². The first-order valence-electron chi connectivity index (χ1n) is 6.87. The van der Waals surface area contributed by atoms with E-state index < -0.39 is 0 Å². The molecule has 2 N–H and O–H groups in total. The van der Waals surface area contributed by atoms with Crippen molar-refractivity contribution in [2.24, 2.45) is 0 Å². The Morgan fingerprint density at radius 1 is 1.37 bits per heavy atom. The smallest absolute Gasteiger partial charge is 0.123 e. The van der Waals surface area contributed by atoms with Crippen LogP contribution in [0.3, 0.4) is 0 Å². The van der Waals surface area contributed by atoms with Gasteiger partial charge < -0.3 is 15.3 Å². The highest BCUT2D eigenvalue weighted by Gasteiger charge is 2.12. The van der Waals surface area contributed by atoms with Crippen molar-refractivity contribution < 1.29 is 9.50 Å². The number of halogens is 1. The molecular formula is C15H25FN2O. The Labute approximate surface area is 115 Å². The summed E-state index contributed by atoms with van der Waals surface area (Å²) in [6, 6.07) is 4.53. The van der Waals surface area contributed by atoms with Crippen LogP contribution < -0.4 is 5.32 Å². The van der Waals surface area contributed by atoms with Crippen LogP contribution in [0, 0.1) is 5.82 Å². The molecule has 3 nitrogen and oxygen atoms in total. The zero-order chi connectivity index (χ0) is 14.4. The second kappa shape index (κ2) is 7.46. The lowest BCUT2D eigenvalue weighted by atomic mass is 10.1. The third-order valence-corrected chi connectivity index (χ3v) is 3.71. The molecule has 0 heterocycles. The van der Waals surface area contributed by atoms with E-state index in [-0.39, 0.29) is 17.6 Å². The number of nitrogens with zero attached hydrogens (tertiary/aromatic N) is 1. The van der Waals surface area contributed by atoms with E-state index in [0.29, 0.717) is 11.6 Å². The molecular weight excluding hydrogens is 243 g/mol. The summed E-state index contributed by atoms with van der Waals surface area (Å²) in [5.74, 6) is -0.185. The average molecular weight is 268 g/mol. The maximum absolute atomic E-state index is 13.2. The topological polar surface area (TPSA) is 35.5 Å². The molecule has 108 valence electrons. The largest absolute Gasteiger partial charge is 0.508 e.